The summed E-state index contributed by atoms with van der Waals surface area (Å²) in [5.74, 6) is 1.92. The normalized spacial score (nSPS) is 23.1. The van der Waals surface area contributed by atoms with Gasteiger partial charge < -0.3 is 30.6 Å². The number of benzene rings is 1. The van der Waals surface area contributed by atoms with Gasteiger partial charge in [0.2, 0.25) is 0 Å². The molecule has 1 saturated carbocycles. The highest BCUT2D eigenvalue weighted by Crippen LogP contribution is 2.35. The molecular formula is C27H33N5O5. The van der Waals surface area contributed by atoms with Gasteiger partial charge in [-0.15, -0.1) is 0 Å². The van der Waals surface area contributed by atoms with Crippen LogP contribution in [0.15, 0.2) is 24.3 Å². The third-order valence-corrected chi connectivity index (χ3v) is 7.62. The molecule has 0 radical (unpaired) electrons. The zero-order valence-electron chi connectivity index (χ0n) is 21.0. The largest absolute Gasteiger partial charge is 0.492 e. The maximum atomic E-state index is 12.5. The number of carbonyl (C=O) groups excluding carboxylic acids is 2. The third kappa shape index (κ3) is 5.21. The van der Waals surface area contributed by atoms with E-state index < -0.39 is 6.09 Å². The Labute approximate surface area is 215 Å². The Morgan fingerprint density at radius 3 is 2.97 bits per heavy atom. The first kappa shape index (κ1) is 24.0. The average Bonchev–Trinajstić information content (AvgIpc) is 3.28. The Morgan fingerprint density at radius 1 is 1.27 bits per heavy atom. The number of hydrogen-bond donors (Lipinski definition) is 3. The molecule has 6 rings (SSSR count). The molecule has 10 nitrogen and oxygen atoms in total. The number of aromatic nitrogens is 1. The minimum absolute atomic E-state index is 0.0345. The van der Waals surface area contributed by atoms with Gasteiger partial charge in [-0.3, -0.25) is 9.69 Å². The second-order valence-corrected chi connectivity index (χ2v) is 10.7. The summed E-state index contributed by atoms with van der Waals surface area (Å²) in [7, 11) is 0. The number of nitrogens with zero attached hydrogens (tertiary/aromatic N) is 2. The summed E-state index contributed by atoms with van der Waals surface area (Å²) in [6.07, 6.45) is 5.12. The zero-order valence-corrected chi connectivity index (χ0v) is 21.0. The van der Waals surface area contributed by atoms with Crippen LogP contribution in [0.1, 0.15) is 42.4 Å². The lowest BCUT2D eigenvalue weighted by atomic mass is 10.0. The first-order valence-electron chi connectivity index (χ1n) is 13.0. The van der Waals surface area contributed by atoms with Gasteiger partial charge in [-0.25, -0.2) is 9.78 Å². The van der Waals surface area contributed by atoms with Crippen LogP contribution >= 0.6 is 0 Å². The van der Waals surface area contributed by atoms with E-state index in [1.165, 1.54) is 21.6 Å². The van der Waals surface area contributed by atoms with Crippen LogP contribution in [0.25, 0.3) is 0 Å². The quantitative estimate of drug-likeness (QED) is 0.442. The van der Waals surface area contributed by atoms with Gasteiger partial charge in [0.1, 0.15) is 24.3 Å². The van der Waals surface area contributed by atoms with Crippen molar-refractivity contribution in [2.24, 2.45) is 5.73 Å². The smallest absolute Gasteiger partial charge is 0.415 e. The molecule has 1 aromatic carbocycles. The number of hydrogen-bond acceptors (Lipinski definition) is 8. The molecule has 2 amide bonds. The molecule has 4 aliphatic rings. The summed E-state index contributed by atoms with van der Waals surface area (Å²) in [5.41, 5.74) is 10.1. The molecule has 37 heavy (non-hydrogen) atoms. The number of amides is 2. The van der Waals surface area contributed by atoms with E-state index in [2.05, 4.69) is 34.7 Å². The number of fused-ring (bicyclic) bond motifs is 2. The SMILES string of the molecule is Cc1cc(OCC2(N)CC2)cc2c1CC(NCCCC1CN(c3ccc4c(n3)NC(=O)CO4)C(=O)O1)C2. The van der Waals surface area contributed by atoms with Gasteiger partial charge in [0.05, 0.1) is 12.1 Å². The monoisotopic (exact) mass is 507 g/mol. The van der Waals surface area contributed by atoms with Gasteiger partial charge in [-0.1, -0.05) is 0 Å². The number of rotatable bonds is 9. The first-order valence-corrected chi connectivity index (χ1v) is 13.0. The van der Waals surface area contributed by atoms with Gasteiger partial charge in [0, 0.05) is 6.04 Å². The van der Waals surface area contributed by atoms with Crippen molar-refractivity contribution in [3.63, 3.8) is 0 Å². The van der Waals surface area contributed by atoms with Crippen LogP contribution in [-0.2, 0) is 22.4 Å². The van der Waals surface area contributed by atoms with Crippen LogP contribution in [0.5, 0.6) is 11.5 Å². The molecule has 2 unspecified atom stereocenters. The summed E-state index contributed by atoms with van der Waals surface area (Å²) in [6, 6.07) is 8.12. The Kier molecular flexibility index (Phi) is 6.16. The van der Waals surface area contributed by atoms with E-state index in [1.54, 1.807) is 12.1 Å². The third-order valence-electron chi connectivity index (χ3n) is 7.62. The van der Waals surface area contributed by atoms with Crippen molar-refractivity contribution in [2.45, 2.75) is 63.1 Å². The molecule has 0 spiro atoms. The predicted molar refractivity (Wildman–Crippen MR) is 137 cm³/mol. The summed E-state index contributed by atoms with van der Waals surface area (Å²) in [6.45, 7) is 3.99. The minimum Gasteiger partial charge on any atom is -0.492 e. The van der Waals surface area contributed by atoms with E-state index in [9.17, 15) is 9.59 Å². The molecule has 2 aromatic rings. The summed E-state index contributed by atoms with van der Waals surface area (Å²) in [5, 5.41) is 6.35. The number of nitrogens with one attached hydrogen (secondary N) is 2. The number of aryl methyl sites for hydroxylation is 1. The Bertz CT molecular complexity index is 1230. The van der Waals surface area contributed by atoms with Gasteiger partial charge in [-0.05, 0) is 92.9 Å². The van der Waals surface area contributed by atoms with Gasteiger partial charge in [0.25, 0.3) is 5.91 Å². The first-order chi connectivity index (χ1) is 17.8. The van der Waals surface area contributed by atoms with Crippen LogP contribution in [0.4, 0.5) is 16.4 Å². The van der Waals surface area contributed by atoms with E-state index in [0.29, 0.717) is 36.6 Å². The highest BCUT2D eigenvalue weighted by atomic mass is 16.6. The van der Waals surface area contributed by atoms with Crippen molar-refractivity contribution in [1.82, 2.24) is 10.3 Å². The maximum Gasteiger partial charge on any atom is 0.415 e. The summed E-state index contributed by atoms with van der Waals surface area (Å²) < 4.78 is 16.9. The lowest BCUT2D eigenvalue weighted by molar-refractivity contribution is -0.118. The molecule has 2 aliphatic heterocycles. The van der Waals surface area contributed by atoms with Crippen molar-refractivity contribution in [3.05, 3.63) is 41.0 Å². The number of carbonyl (C=O) groups is 2. The Hall–Kier alpha value is -3.37. The van der Waals surface area contributed by atoms with E-state index in [-0.39, 0.29) is 24.2 Å². The van der Waals surface area contributed by atoms with Crippen molar-refractivity contribution in [2.75, 3.05) is 36.5 Å². The van der Waals surface area contributed by atoms with Crippen LogP contribution in [0.3, 0.4) is 0 Å². The molecule has 196 valence electrons. The van der Waals surface area contributed by atoms with Crippen molar-refractivity contribution >= 4 is 23.6 Å². The fourth-order valence-corrected chi connectivity index (χ4v) is 5.27. The van der Waals surface area contributed by atoms with E-state index in [4.69, 9.17) is 19.9 Å². The van der Waals surface area contributed by atoms with Crippen LogP contribution < -0.4 is 30.7 Å². The maximum absolute atomic E-state index is 12.5. The lowest BCUT2D eigenvalue weighted by Crippen LogP contribution is -2.31. The number of ether oxygens (including phenoxy) is 3. The number of nitrogens with two attached hydrogens (primary N) is 1. The highest BCUT2D eigenvalue weighted by Gasteiger charge is 2.39. The Morgan fingerprint density at radius 2 is 2.14 bits per heavy atom. The number of cyclic esters (lactones) is 1. The van der Waals surface area contributed by atoms with Gasteiger partial charge in [-0.2, -0.15) is 0 Å². The molecule has 1 saturated heterocycles. The standard InChI is InChI=1S/C27H33N5O5/c1-16-9-20(36-15-27(28)6-7-27)11-17-10-18(12-21(16)17)29-8-2-3-19-13-32(26(34)37-19)23-5-4-22-25(30-23)31-24(33)14-35-22/h4-5,9,11,18-19,29H,2-3,6-8,10,12-15,28H2,1H3,(H,30,31,33). The fourth-order valence-electron chi connectivity index (χ4n) is 5.27. The molecule has 10 heteroatoms. The summed E-state index contributed by atoms with van der Waals surface area (Å²) >= 11 is 0. The van der Waals surface area contributed by atoms with Crippen LogP contribution in [0, 0.1) is 6.92 Å². The number of anilines is 2. The molecule has 4 N–H and O–H groups in total. The van der Waals surface area contributed by atoms with Gasteiger partial charge >= 0.3 is 6.09 Å². The van der Waals surface area contributed by atoms with E-state index >= 15 is 0 Å². The zero-order chi connectivity index (χ0) is 25.6. The highest BCUT2D eigenvalue weighted by molar-refractivity contribution is 5.95. The molecule has 2 fully saturated rings. The predicted octanol–water partition coefficient (Wildman–Crippen LogP) is 2.45. The second kappa shape index (κ2) is 9.50. The summed E-state index contributed by atoms with van der Waals surface area (Å²) in [4.78, 5) is 29.9. The van der Waals surface area contributed by atoms with Crippen molar-refractivity contribution < 1.29 is 23.8 Å². The minimum atomic E-state index is -0.421. The molecule has 2 aliphatic carbocycles. The van der Waals surface area contributed by atoms with Gasteiger partial charge in [0.15, 0.2) is 18.2 Å². The van der Waals surface area contributed by atoms with E-state index in [1.807, 2.05) is 0 Å². The van der Waals surface area contributed by atoms with Crippen molar-refractivity contribution in [3.8, 4) is 11.5 Å². The molecule has 3 heterocycles. The number of pyridine rings is 1. The topological polar surface area (TPSA) is 128 Å². The molecular weight excluding hydrogens is 474 g/mol. The van der Waals surface area contributed by atoms with Crippen LogP contribution in [0.2, 0.25) is 0 Å². The fraction of sp³-hybridized carbons (Fsp3) is 0.519. The lowest BCUT2D eigenvalue weighted by Gasteiger charge is -2.19. The average molecular weight is 508 g/mol. The van der Waals surface area contributed by atoms with Crippen molar-refractivity contribution in [1.29, 1.82) is 0 Å². The molecule has 0 bridgehead atoms. The second-order valence-electron chi connectivity index (χ2n) is 10.7. The van der Waals surface area contributed by atoms with E-state index in [0.717, 1.165) is 50.8 Å². The molecule has 2 atom stereocenters. The molecule has 1 aromatic heterocycles. The Balaban J connectivity index is 0.963. The van der Waals surface area contributed by atoms with Crippen LogP contribution in [-0.4, -0.2) is 61.0 Å².